The van der Waals surface area contributed by atoms with Gasteiger partial charge in [0.1, 0.15) is 0 Å². The smallest absolute Gasteiger partial charge is 0.311 e. The van der Waals surface area contributed by atoms with Gasteiger partial charge in [-0.25, -0.2) is 0 Å². The number of halogens is 3. The van der Waals surface area contributed by atoms with Crippen LogP contribution in [0.3, 0.4) is 0 Å². The van der Waals surface area contributed by atoms with E-state index in [1.807, 2.05) is 13.8 Å². The number of hydrogen-bond acceptors (Lipinski definition) is 2. The van der Waals surface area contributed by atoms with E-state index >= 15 is 0 Å². The Kier molecular flexibility index (Phi) is 6.13. The average molecular weight is 308 g/mol. The zero-order valence-corrected chi connectivity index (χ0v) is 14.1. The maximum Gasteiger partial charge on any atom is 0.401 e. The molecule has 1 aliphatic rings. The topological polar surface area (TPSA) is 15.3 Å². The Hall–Kier alpha value is -0.290. The second-order valence-corrected chi connectivity index (χ2v) is 7.92. The van der Waals surface area contributed by atoms with E-state index in [1.165, 1.54) is 0 Å². The monoisotopic (exact) mass is 308 g/mol. The number of nitrogens with zero attached hydrogens (tertiary/aromatic N) is 1. The van der Waals surface area contributed by atoms with Gasteiger partial charge >= 0.3 is 6.18 Å². The van der Waals surface area contributed by atoms with Gasteiger partial charge in [-0.2, -0.15) is 13.2 Å². The van der Waals surface area contributed by atoms with Crippen molar-refractivity contribution in [2.24, 2.45) is 5.41 Å². The van der Waals surface area contributed by atoms with Gasteiger partial charge in [0.25, 0.3) is 0 Å². The van der Waals surface area contributed by atoms with E-state index in [9.17, 15) is 13.2 Å². The van der Waals surface area contributed by atoms with Crippen LogP contribution in [0, 0.1) is 5.41 Å². The predicted molar refractivity (Wildman–Crippen MR) is 81.4 cm³/mol. The largest absolute Gasteiger partial charge is 0.401 e. The SMILES string of the molecule is CC(C)N(CC(F)(F)F)CC1(CNC(C)(C)C)CCCC1. The van der Waals surface area contributed by atoms with Gasteiger partial charge in [0.15, 0.2) is 0 Å². The van der Waals surface area contributed by atoms with Gasteiger partial charge in [-0.1, -0.05) is 12.8 Å². The van der Waals surface area contributed by atoms with Crippen molar-refractivity contribution in [3.05, 3.63) is 0 Å². The molecule has 1 aliphatic carbocycles. The third-order valence-electron chi connectivity index (χ3n) is 4.31. The fourth-order valence-corrected chi connectivity index (χ4v) is 3.05. The molecule has 0 aromatic rings. The summed E-state index contributed by atoms with van der Waals surface area (Å²) in [6, 6.07) is -0.0845. The summed E-state index contributed by atoms with van der Waals surface area (Å²) >= 11 is 0. The summed E-state index contributed by atoms with van der Waals surface area (Å²) in [6.07, 6.45) is 0.184. The van der Waals surface area contributed by atoms with Crippen LogP contribution in [0.2, 0.25) is 0 Å². The number of hydrogen-bond donors (Lipinski definition) is 1. The van der Waals surface area contributed by atoms with E-state index < -0.39 is 12.7 Å². The Bertz CT molecular complexity index is 312. The van der Waals surface area contributed by atoms with Crippen LogP contribution in [0.4, 0.5) is 13.2 Å². The summed E-state index contributed by atoms with van der Waals surface area (Å²) in [5.41, 5.74) is -0.00885. The molecule has 0 amide bonds. The van der Waals surface area contributed by atoms with E-state index in [2.05, 4.69) is 26.1 Å². The number of rotatable bonds is 6. The molecule has 0 radical (unpaired) electrons. The molecule has 1 fully saturated rings. The normalized spacial score (nSPS) is 19.7. The van der Waals surface area contributed by atoms with E-state index in [0.29, 0.717) is 6.54 Å². The summed E-state index contributed by atoms with van der Waals surface area (Å²) in [5, 5.41) is 3.50. The first kappa shape index (κ1) is 18.8. The Morgan fingerprint density at radius 3 is 2.00 bits per heavy atom. The Labute approximate surface area is 127 Å². The van der Waals surface area contributed by atoms with Crippen LogP contribution in [-0.4, -0.2) is 42.3 Å². The zero-order chi connectivity index (χ0) is 16.3. The molecule has 21 heavy (non-hydrogen) atoms. The van der Waals surface area contributed by atoms with Crippen LogP contribution in [-0.2, 0) is 0 Å². The maximum absolute atomic E-state index is 12.8. The molecule has 2 nitrogen and oxygen atoms in total. The van der Waals surface area contributed by atoms with Crippen molar-refractivity contribution in [2.45, 2.75) is 78.1 Å². The van der Waals surface area contributed by atoms with Gasteiger partial charge in [0.05, 0.1) is 6.54 Å². The van der Waals surface area contributed by atoms with Crippen molar-refractivity contribution < 1.29 is 13.2 Å². The third-order valence-corrected chi connectivity index (χ3v) is 4.31. The van der Waals surface area contributed by atoms with Crippen LogP contribution < -0.4 is 5.32 Å². The Morgan fingerprint density at radius 1 is 1.10 bits per heavy atom. The second kappa shape index (κ2) is 6.86. The molecule has 0 aromatic heterocycles. The lowest BCUT2D eigenvalue weighted by atomic mass is 9.84. The van der Waals surface area contributed by atoms with E-state index in [-0.39, 0.29) is 17.0 Å². The minimum atomic E-state index is -4.12. The standard InChI is InChI=1S/C16H31F3N2/c1-13(2)21(12-16(17,18)19)11-15(8-6-7-9-15)10-20-14(3,4)5/h13,20H,6-12H2,1-5H3. The van der Waals surface area contributed by atoms with Crippen molar-refractivity contribution in [3.63, 3.8) is 0 Å². The quantitative estimate of drug-likeness (QED) is 0.791. The number of nitrogens with one attached hydrogen (secondary N) is 1. The van der Waals surface area contributed by atoms with Crippen molar-refractivity contribution in [1.29, 1.82) is 0 Å². The molecule has 1 N–H and O–H groups in total. The molecular formula is C16H31F3N2. The molecule has 1 saturated carbocycles. The van der Waals surface area contributed by atoms with Crippen molar-refractivity contribution in [2.75, 3.05) is 19.6 Å². The van der Waals surface area contributed by atoms with Gasteiger partial charge in [0.2, 0.25) is 0 Å². The lowest BCUT2D eigenvalue weighted by molar-refractivity contribution is -0.153. The highest BCUT2D eigenvalue weighted by Crippen LogP contribution is 2.39. The highest BCUT2D eigenvalue weighted by Gasteiger charge is 2.40. The first-order valence-electron chi connectivity index (χ1n) is 7.98. The minimum Gasteiger partial charge on any atom is -0.311 e. The first-order chi connectivity index (χ1) is 9.43. The van der Waals surface area contributed by atoms with E-state index in [0.717, 1.165) is 32.2 Å². The maximum atomic E-state index is 12.8. The summed E-state index contributed by atoms with van der Waals surface area (Å²) in [5.74, 6) is 0. The summed E-state index contributed by atoms with van der Waals surface area (Å²) in [6.45, 7) is 10.5. The molecule has 0 spiro atoms. The lowest BCUT2D eigenvalue weighted by Crippen LogP contribution is -2.50. The molecule has 126 valence electrons. The number of alkyl halides is 3. The molecule has 0 aliphatic heterocycles. The van der Waals surface area contributed by atoms with Gasteiger partial charge in [-0.3, -0.25) is 4.90 Å². The van der Waals surface area contributed by atoms with Crippen LogP contribution in [0.15, 0.2) is 0 Å². The molecule has 0 aromatic carbocycles. The van der Waals surface area contributed by atoms with Crippen LogP contribution in [0.1, 0.15) is 60.3 Å². The molecule has 0 atom stereocenters. The lowest BCUT2D eigenvalue weighted by Gasteiger charge is -2.39. The summed E-state index contributed by atoms with van der Waals surface area (Å²) in [7, 11) is 0. The highest BCUT2D eigenvalue weighted by atomic mass is 19.4. The predicted octanol–water partition coefficient (Wildman–Crippen LogP) is 4.21. The van der Waals surface area contributed by atoms with Gasteiger partial charge < -0.3 is 5.32 Å². The van der Waals surface area contributed by atoms with Crippen molar-refractivity contribution >= 4 is 0 Å². The van der Waals surface area contributed by atoms with Crippen LogP contribution >= 0.6 is 0 Å². The fraction of sp³-hybridized carbons (Fsp3) is 1.00. The highest BCUT2D eigenvalue weighted by molar-refractivity contribution is 4.92. The van der Waals surface area contributed by atoms with E-state index in [4.69, 9.17) is 0 Å². The summed E-state index contributed by atoms with van der Waals surface area (Å²) in [4.78, 5) is 1.59. The first-order valence-corrected chi connectivity index (χ1v) is 7.98. The molecular weight excluding hydrogens is 277 g/mol. The molecule has 0 saturated heterocycles. The van der Waals surface area contributed by atoms with Gasteiger partial charge in [0, 0.05) is 24.7 Å². The van der Waals surface area contributed by atoms with Gasteiger partial charge in [-0.15, -0.1) is 0 Å². The van der Waals surface area contributed by atoms with Crippen molar-refractivity contribution in [3.8, 4) is 0 Å². The second-order valence-electron chi connectivity index (χ2n) is 7.92. The molecule has 0 bridgehead atoms. The molecule has 0 unspecified atom stereocenters. The minimum absolute atomic E-state index is 0.00226. The molecule has 5 heteroatoms. The Balaban J connectivity index is 2.74. The van der Waals surface area contributed by atoms with Crippen molar-refractivity contribution in [1.82, 2.24) is 10.2 Å². The van der Waals surface area contributed by atoms with Crippen LogP contribution in [0.5, 0.6) is 0 Å². The van der Waals surface area contributed by atoms with E-state index in [1.54, 1.807) is 4.90 Å². The average Bonchev–Trinajstić information content (AvgIpc) is 2.72. The Morgan fingerprint density at radius 2 is 1.62 bits per heavy atom. The molecule has 0 heterocycles. The van der Waals surface area contributed by atoms with Crippen LogP contribution in [0.25, 0.3) is 0 Å². The van der Waals surface area contributed by atoms with Gasteiger partial charge in [-0.05, 0) is 52.9 Å². The summed E-state index contributed by atoms with van der Waals surface area (Å²) < 4.78 is 38.3. The zero-order valence-electron chi connectivity index (χ0n) is 14.1. The third kappa shape index (κ3) is 7.00. The fourth-order valence-electron chi connectivity index (χ4n) is 3.05. The molecule has 1 rings (SSSR count).